The van der Waals surface area contributed by atoms with Gasteiger partial charge in [0, 0.05) is 17.5 Å². The fourth-order valence-electron chi connectivity index (χ4n) is 3.45. The predicted octanol–water partition coefficient (Wildman–Crippen LogP) is 4.29. The molecule has 1 aromatic heterocycles. The highest BCUT2D eigenvalue weighted by molar-refractivity contribution is 5.81. The first-order valence-corrected chi connectivity index (χ1v) is 9.20. The van der Waals surface area contributed by atoms with Gasteiger partial charge in [-0.2, -0.15) is 5.26 Å². The second-order valence-corrected chi connectivity index (χ2v) is 7.06. The van der Waals surface area contributed by atoms with Gasteiger partial charge >= 0.3 is 0 Å². The SMILES string of the molecule is CCc1cc2ccc(C(C)(C#N)Cc3cccc(CN)c3)cc2nc1OC. The van der Waals surface area contributed by atoms with Gasteiger partial charge in [-0.3, -0.25) is 0 Å². The van der Waals surface area contributed by atoms with Crippen molar-refractivity contribution >= 4 is 10.9 Å². The van der Waals surface area contributed by atoms with Gasteiger partial charge < -0.3 is 10.5 Å². The summed E-state index contributed by atoms with van der Waals surface area (Å²) in [5.41, 5.74) is 10.2. The van der Waals surface area contributed by atoms with Gasteiger partial charge in [-0.1, -0.05) is 43.3 Å². The lowest BCUT2D eigenvalue weighted by atomic mass is 9.78. The highest BCUT2D eigenvalue weighted by atomic mass is 16.5. The molecule has 4 nitrogen and oxygen atoms in total. The van der Waals surface area contributed by atoms with Crippen molar-refractivity contribution < 1.29 is 4.74 Å². The summed E-state index contributed by atoms with van der Waals surface area (Å²) in [4.78, 5) is 4.66. The van der Waals surface area contributed by atoms with Crippen molar-refractivity contribution in [1.29, 1.82) is 5.26 Å². The van der Waals surface area contributed by atoms with E-state index in [0.717, 1.165) is 39.6 Å². The minimum atomic E-state index is -0.653. The van der Waals surface area contributed by atoms with Crippen LogP contribution in [-0.2, 0) is 24.8 Å². The standard InChI is InChI=1S/C23H25N3O/c1-4-18-11-19-8-9-20(12-21(19)26-22(18)27-3)23(2,15-25)13-16-6-5-7-17(10-16)14-24/h5-12H,4,13-14,24H2,1-3H3. The molecular weight excluding hydrogens is 334 g/mol. The Hall–Kier alpha value is -2.90. The number of methoxy groups -OCH3 is 1. The number of hydrogen-bond donors (Lipinski definition) is 1. The van der Waals surface area contributed by atoms with Gasteiger partial charge in [0.2, 0.25) is 5.88 Å². The monoisotopic (exact) mass is 359 g/mol. The first kappa shape index (κ1) is 18.9. The maximum absolute atomic E-state index is 9.96. The maximum Gasteiger partial charge on any atom is 0.216 e. The van der Waals surface area contributed by atoms with E-state index in [1.807, 2.05) is 43.3 Å². The molecule has 0 amide bonds. The number of nitrogens with zero attached hydrogens (tertiary/aromatic N) is 2. The first-order valence-electron chi connectivity index (χ1n) is 9.20. The molecule has 0 fully saturated rings. The van der Waals surface area contributed by atoms with Gasteiger partial charge in [0.15, 0.2) is 0 Å². The molecule has 1 heterocycles. The highest BCUT2D eigenvalue weighted by Gasteiger charge is 2.27. The van der Waals surface area contributed by atoms with Crippen LogP contribution in [0.4, 0.5) is 0 Å². The summed E-state index contributed by atoms with van der Waals surface area (Å²) in [6, 6.07) is 18.8. The highest BCUT2D eigenvalue weighted by Crippen LogP contribution is 2.31. The van der Waals surface area contributed by atoms with E-state index < -0.39 is 5.41 Å². The molecule has 0 bridgehead atoms. The fraction of sp³-hybridized carbons (Fsp3) is 0.304. The average Bonchev–Trinajstić information content (AvgIpc) is 2.72. The summed E-state index contributed by atoms with van der Waals surface area (Å²) >= 11 is 0. The van der Waals surface area contributed by atoms with E-state index in [9.17, 15) is 5.26 Å². The summed E-state index contributed by atoms with van der Waals surface area (Å²) in [7, 11) is 1.64. The van der Waals surface area contributed by atoms with E-state index in [-0.39, 0.29) is 0 Å². The zero-order chi connectivity index (χ0) is 19.4. The Bertz CT molecular complexity index is 1010. The lowest BCUT2D eigenvalue weighted by Crippen LogP contribution is -2.23. The topological polar surface area (TPSA) is 71.9 Å². The van der Waals surface area contributed by atoms with Crippen LogP contribution < -0.4 is 10.5 Å². The van der Waals surface area contributed by atoms with Crippen LogP contribution in [0.5, 0.6) is 5.88 Å². The molecule has 0 aliphatic carbocycles. The fourth-order valence-corrected chi connectivity index (χ4v) is 3.45. The molecule has 1 unspecified atom stereocenters. The number of fused-ring (bicyclic) bond motifs is 1. The first-order chi connectivity index (χ1) is 13.0. The second-order valence-electron chi connectivity index (χ2n) is 7.06. The van der Waals surface area contributed by atoms with E-state index in [0.29, 0.717) is 18.8 Å². The number of pyridine rings is 1. The van der Waals surface area contributed by atoms with Crippen molar-refractivity contribution in [2.45, 2.75) is 38.6 Å². The Labute approximate surface area is 160 Å². The van der Waals surface area contributed by atoms with Crippen molar-refractivity contribution in [3.63, 3.8) is 0 Å². The number of rotatable bonds is 6. The quantitative estimate of drug-likeness (QED) is 0.713. The van der Waals surface area contributed by atoms with Crippen LogP contribution in [0, 0.1) is 11.3 Å². The summed E-state index contributed by atoms with van der Waals surface area (Å²) < 4.78 is 5.43. The van der Waals surface area contributed by atoms with Crippen LogP contribution in [0.1, 0.15) is 36.1 Å². The number of aryl methyl sites for hydroxylation is 1. The van der Waals surface area contributed by atoms with E-state index in [1.54, 1.807) is 7.11 Å². The second kappa shape index (κ2) is 7.77. The predicted molar refractivity (Wildman–Crippen MR) is 109 cm³/mol. The van der Waals surface area contributed by atoms with Crippen LogP contribution in [-0.4, -0.2) is 12.1 Å². The number of hydrogen-bond acceptors (Lipinski definition) is 4. The van der Waals surface area contributed by atoms with Crippen LogP contribution in [0.2, 0.25) is 0 Å². The molecular formula is C23H25N3O. The zero-order valence-corrected chi connectivity index (χ0v) is 16.1. The molecule has 0 spiro atoms. The molecule has 0 saturated heterocycles. The third kappa shape index (κ3) is 3.79. The molecule has 2 aromatic carbocycles. The molecule has 0 saturated carbocycles. The van der Waals surface area contributed by atoms with Crippen molar-refractivity contribution in [2.24, 2.45) is 5.73 Å². The third-order valence-electron chi connectivity index (χ3n) is 5.10. The smallest absolute Gasteiger partial charge is 0.216 e. The minimum Gasteiger partial charge on any atom is -0.481 e. The molecule has 0 aliphatic heterocycles. The van der Waals surface area contributed by atoms with Crippen molar-refractivity contribution in [3.05, 3.63) is 70.8 Å². The van der Waals surface area contributed by atoms with Gasteiger partial charge in [-0.25, -0.2) is 4.98 Å². The van der Waals surface area contributed by atoms with Gasteiger partial charge in [-0.15, -0.1) is 0 Å². The van der Waals surface area contributed by atoms with Crippen molar-refractivity contribution in [3.8, 4) is 11.9 Å². The molecule has 4 heteroatoms. The largest absolute Gasteiger partial charge is 0.481 e. The molecule has 138 valence electrons. The maximum atomic E-state index is 9.96. The Balaban J connectivity index is 2.03. The molecule has 1 atom stereocenters. The van der Waals surface area contributed by atoms with Crippen molar-refractivity contribution in [2.75, 3.05) is 7.11 Å². The van der Waals surface area contributed by atoms with E-state index in [1.165, 1.54) is 0 Å². The Morgan fingerprint density at radius 3 is 2.59 bits per heavy atom. The Kier molecular flexibility index (Phi) is 5.43. The number of nitriles is 1. The number of nitrogens with two attached hydrogens (primary N) is 1. The lowest BCUT2D eigenvalue weighted by Gasteiger charge is -2.23. The summed E-state index contributed by atoms with van der Waals surface area (Å²) in [5.74, 6) is 0.649. The summed E-state index contributed by atoms with van der Waals surface area (Å²) in [6.45, 7) is 4.55. The number of ether oxygens (including phenoxy) is 1. The lowest BCUT2D eigenvalue weighted by molar-refractivity contribution is 0.395. The summed E-state index contributed by atoms with van der Waals surface area (Å²) in [5, 5.41) is 11.0. The summed E-state index contributed by atoms with van der Waals surface area (Å²) in [6.07, 6.45) is 1.48. The third-order valence-corrected chi connectivity index (χ3v) is 5.10. The van der Waals surface area contributed by atoms with Gasteiger partial charge in [0.1, 0.15) is 0 Å². The Morgan fingerprint density at radius 2 is 1.93 bits per heavy atom. The molecule has 3 aromatic rings. The van der Waals surface area contributed by atoms with Gasteiger partial charge in [-0.05, 0) is 48.6 Å². The van der Waals surface area contributed by atoms with Crippen molar-refractivity contribution in [1.82, 2.24) is 4.98 Å². The Morgan fingerprint density at radius 1 is 1.15 bits per heavy atom. The number of aromatic nitrogens is 1. The van der Waals surface area contributed by atoms with Gasteiger partial charge in [0.25, 0.3) is 0 Å². The van der Waals surface area contributed by atoms with Crippen LogP contribution in [0.3, 0.4) is 0 Å². The number of benzene rings is 2. The van der Waals surface area contributed by atoms with Crippen LogP contribution in [0.25, 0.3) is 10.9 Å². The van der Waals surface area contributed by atoms with Gasteiger partial charge in [0.05, 0.1) is 24.1 Å². The zero-order valence-electron chi connectivity index (χ0n) is 16.1. The van der Waals surface area contributed by atoms with E-state index >= 15 is 0 Å². The minimum absolute atomic E-state index is 0.497. The molecule has 0 aliphatic rings. The average molecular weight is 359 g/mol. The molecule has 3 rings (SSSR count). The van der Waals surface area contributed by atoms with E-state index in [4.69, 9.17) is 10.5 Å². The molecule has 0 radical (unpaired) electrons. The normalized spacial score (nSPS) is 13.1. The van der Waals surface area contributed by atoms with Crippen LogP contribution >= 0.6 is 0 Å². The molecule has 27 heavy (non-hydrogen) atoms. The van der Waals surface area contributed by atoms with E-state index in [2.05, 4.69) is 30.1 Å². The molecule has 2 N–H and O–H groups in total. The van der Waals surface area contributed by atoms with Crippen LogP contribution in [0.15, 0.2) is 48.5 Å².